The number of ether oxygens (including phenoxy) is 1. The normalized spacial score (nSPS) is 20.9. The van der Waals surface area contributed by atoms with E-state index in [1.807, 2.05) is 20.8 Å². The number of aliphatic hydroxyl groups excluding tert-OH is 1. The summed E-state index contributed by atoms with van der Waals surface area (Å²) in [5, 5.41) is 12.6. The third-order valence-electron chi connectivity index (χ3n) is 5.62. The summed E-state index contributed by atoms with van der Waals surface area (Å²) in [6.45, 7) is 11.6. The van der Waals surface area contributed by atoms with Gasteiger partial charge >= 0.3 is 6.03 Å². The number of nitrogens with one attached hydrogen (secondary N) is 1. The molecule has 1 aromatic rings. The summed E-state index contributed by atoms with van der Waals surface area (Å²) in [4.78, 5) is 14.1. The van der Waals surface area contributed by atoms with Crippen molar-refractivity contribution in [1.29, 1.82) is 0 Å². The first-order chi connectivity index (χ1) is 15.9. The van der Waals surface area contributed by atoms with Crippen molar-refractivity contribution in [2.45, 2.75) is 71.0 Å². The highest BCUT2D eigenvalue weighted by molar-refractivity contribution is 7.89. The summed E-state index contributed by atoms with van der Waals surface area (Å²) in [5.74, 6) is 6.60. The minimum atomic E-state index is -3.91. The molecule has 0 radical (unpaired) electrons. The van der Waals surface area contributed by atoms with Crippen molar-refractivity contribution in [3.8, 4) is 17.6 Å². The summed E-state index contributed by atoms with van der Waals surface area (Å²) < 4.78 is 34.6. The molecule has 2 rings (SSSR count). The molecule has 0 unspecified atom stereocenters. The lowest BCUT2D eigenvalue weighted by molar-refractivity contribution is 0.0809. The van der Waals surface area contributed by atoms with Crippen LogP contribution in [0.5, 0.6) is 5.75 Å². The zero-order valence-electron chi connectivity index (χ0n) is 21.3. The molecule has 0 saturated heterocycles. The first kappa shape index (κ1) is 28.0. The average Bonchev–Trinajstić information content (AvgIpc) is 2.74. The molecule has 1 heterocycles. The van der Waals surface area contributed by atoms with Crippen LogP contribution in [0, 0.1) is 23.7 Å². The van der Waals surface area contributed by atoms with E-state index in [9.17, 15) is 18.3 Å². The summed E-state index contributed by atoms with van der Waals surface area (Å²) in [6.07, 6.45) is 0.261. The van der Waals surface area contributed by atoms with Crippen LogP contribution < -0.4 is 10.1 Å². The number of benzene rings is 1. The molecule has 9 heteroatoms. The lowest BCUT2D eigenvalue weighted by Gasteiger charge is -2.37. The number of carbonyl (C=O) groups is 1. The number of likely N-dealkylation sites (N-methyl/N-ethyl adjacent to an activating group) is 1. The summed E-state index contributed by atoms with van der Waals surface area (Å²) in [6, 6.07) is 4.01. The number of sulfonamides is 1. The summed E-state index contributed by atoms with van der Waals surface area (Å²) in [7, 11) is -2.23. The van der Waals surface area contributed by atoms with Gasteiger partial charge in [-0.05, 0) is 44.9 Å². The second kappa shape index (κ2) is 11.9. The fourth-order valence-corrected chi connectivity index (χ4v) is 5.41. The Kier molecular flexibility index (Phi) is 9.80. The predicted octanol–water partition coefficient (Wildman–Crippen LogP) is 2.90. The zero-order chi connectivity index (χ0) is 25.6. The maximum Gasteiger partial charge on any atom is 0.317 e. The monoisotopic (exact) mass is 493 g/mol. The molecule has 1 aliphatic rings. The van der Waals surface area contributed by atoms with Crippen LogP contribution in [0.15, 0.2) is 23.1 Å². The predicted molar refractivity (Wildman–Crippen MR) is 133 cm³/mol. The standard InChI is InChI=1S/C25H39N3O5S/c1-17(2)9-8-10-21-11-12-24-22(13-21)33-23(15-27(7)25(30)26-18(3)4)19(5)14-28(20(6)16-29)34(24,31)32/h11-13,17-20,23,29H,9,14-16H2,1-7H3,(H,26,30)/t19-,20+,23+/m0/s1. The van der Waals surface area contributed by atoms with Crippen LogP contribution in [-0.2, 0) is 10.0 Å². The van der Waals surface area contributed by atoms with E-state index in [2.05, 4.69) is 31.0 Å². The third kappa shape index (κ3) is 7.11. The second-order valence-corrected chi connectivity index (χ2v) is 11.6. The molecule has 0 bridgehead atoms. The molecule has 0 aliphatic carbocycles. The minimum Gasteiger partial charge on any atom is -0.487 e. The highest BCUT2D eigenvalue weighted by Crippen LogP contribution is 2.34. The SMILES string of the molecule is CC(C)CC#Cc1ccc2c(c1)O[C@H](CN(C)C(=O)NC(C)C)[C@@H](C)CN([C@H](C)CO)S2(=O)=O. The fraction of sp³-hybridized carbons (Fsp3) is 0.640. The number of nitrogens with zero attached hydrogens (tertiary/aromatic N) is 2. The Hall–Kier alpha value is -2.28. The number of fused-ring (bicyclic) bond motifs is 1. The third-order valence-corrected chi connectivity index (χ3v) is 7.64. The van der Waals surface area contributed by atoms with E-state index < -0.39 is 22.2 Å². The highest BCUT2D eigenvalue weighted by atomic mass is 32.2. The van der Waals surface area contributed by atoms with Crippen LogP contribution in [0.3, 0.4) is 0 Å². The van der Waals surface area contributed by atoms with Gasteiger partial charge in [0.15, 0.2) is 0 Å². The van der Waals surface area contributed by atoms with Gasteiger partial charge in [0.25, 0.3) is 0 Å². The van der Waals surface area contributed by atoms with Crippen LogP contribution >= 0.6 is 0 Å². The van der Waals surface area contributed by atoms with Gasteiger partial charge in [0.05, 0.1) is 13.2 Å². The molecule has 1 aliphatic heterocycles. The summed E-state index contributed by atoms with van der Waals surface area (Å²) in [5.41, 5.74) is 0.661. The molecule has 0 saturated carbocycles. The van der Waals surface area contributed by atoms with Crippen molar-refractivity contribution >= 4 is 16.1 Å². The van der Waals surface area contributed by atoms with Gasteiger partial charge in [0.1, 0.15) is 16.7 Å². The van der Waals surface area contributed by atoms with Gasteiger partial charge in [0.2, 0.25) is 10.0 Å². The number of urea groups is 1. The van der Waals surface area contributed by atoms with E-state index >= 15 is 0 Å². The lowest BCUT2D eigenvalue weighted by Crippen LogP contribution is -2.51. The highest BCUT2D eigenvalue weighted by Gasteiger charge is 2.38. The first-order valence-corrected chi connectivity index (χ1v) is 13.2. The first-order valence-electron chi connectivity index (χ1n) is 11.8. The Labute approximate surface area is 204 Å². The maximum absolute atomic E-state index is 13.5. The van der Waals surface area contributed by atoms with E-state index in [1.54, 1.807) is 31.0 Å². The van der Waals surface area contributed by atoms with Crippen LogP contribution in [0.25, 0.3) is 0 Å². The molecule has 2 N–H and O–H groups in total. The molecule has 0 spiro atoms. The molecule has 0 aromatic heterocycles. The van der Waals surface area contributed by atoms with E-state index in [4.69, 9.17) is 4.74 Å². The number of hydrogen-bond acceptors (Lipinski definition) is 5. The Balaban J connectivity index is 2.50. The Bertz CT molecular complexity index is 1010. The number of carbonyl (C=O) groups excluding carboxylic acids is 1. The molecule has 34 heavy (non-hydrogen) atoms. The van der Waals surface area contributed by atoms with Crippen molar-refractivity contribution in [3.63, 3.8) is 0 Å². The smallest absolute Gasteiger partial charge is 0.317 e. The Morgan fingerprint density at radius 1 is 1.29 bits per heavy atom. The van der Waals surface area contributed by atoms with Gasteiger partial charge in [-0.25, -0.2) is 13.2 Å². The molecule has 190 valence electrons. The van der Waals surface area contributed by atoms with Gasteiger partial charge in [-0.15, -0.1) is 0 Å². The van der Waals surface area contributed by atoms with E-state index in [0.29, 0.717) is 11.5 Å². The fourth-order valence-electron chi connectivity index (χ4n) is 3.59. The van der Waals surface area contributed by atoms with Crippen molar-refractivity contribution < 1.29 is 23.1 Å². The van der Waals surface area contributed by atoms with Crippen molar-refractivity contribution in [1.82, 2.24) is 14.5 Å². The van der Waals surface area contributed by atoms with Crippen LogP contribution in [0.4, 0.5) is 4.79 Å². The van der Waals surface area contributed by atoms with Crippen molar-refractivity contribution in [2.24, 2.45) is 11.8 Å². The zero-order valence-corrected chi connectivity index (χ0v) is 22.1. The van der Waals surface area contributed by atoms with Gasteiger partial charge < -0.3 is 20.1 Å². The van der Waals surface area contributed by atoms with Crippen LogP contribution in [-0.4, -0.2) is 73.7 Å². The largest absolute Gasteiger partial charge is 0.487 e. The van der Waals surface area contributed by atoms with E-state index in [1.165, 1.54) is 10.4 Å². The molecule has 8 nitrogen and oxygen atoms in total. The molecule has 1 aromatic carbocycles. The van der Waals surface area contributed by atoms with E-state index in [0.717, 1.165) is 6.42 Å². The lowest BCUT2D eigenvalue weighted by atomic mass is 10.0. The molecular weight excluding hydrogens is 454 g/mol. The Morgan fingerprint density at radius 2 is 1.97 bits per heavy atom. The summed E-state index contributed by atoms with van der Waals surface area (Å²) >= 11 is 0. The number of rotatable bonds is 6. The van der Waals surface area contributed by atoms with Crippen molar-refractivity contribution in [3.05, 3.63) is 23.8 Å². The number of amides is 2. The second-order valence-electron chi connectivity index (χ2n) is 9.79. The van der Waals surface area contributed by atoms with Gasteiger partial charge in [0, 0.05) is 43.6 Å². The minimum absolute atomic E-state index is 0.00985. The number of aliphatic hydroxyl groups is 1. The maximum atomic E-state index is 13.5. The molecular formula is C25H39N3O5S. The van der Waals surface area contributed by atoms with E-state index in [-0.39, 0.29) is 48.3 Å². The van der Waals surface area contributed by atoms with Crippen LogP contribution in [0.2, 0.25) is 0 Å². The quantitative estimate of drug-likeness (QED) is 0.594. The molecule has 0 fully saturated rings. The van der Waals surface area contributed by atoms with Gasteiger partial charge in [-0.3, -0.25) is 0 Å². The van der Waals surface area contributed by atoms with Gasteiger partial charge in [-0.2, -0.15) is 4.31 Å². The topological polar surface area (TPSA) is 99.2 Å². The average molecular weight is 494 g/mol. The van der Waals surface area contributed by atoms with Gasteiger partial charge in [-0.1, -0.05) is 32.6 Å². The van der Waals surface area contributed by atoms with Crippen LogP contribution in [0.1, 0.15) is 53.5 Å². The molecule has 3 atom stereocenters. The molecule has 2 amide bonds. The number of hydrogen-bond donors (Lipinski definition) is 2. The Morgan fingerprint density at radius 3 is 2.56 bits per heavy atom. The van der Waals surface area contributed by atoms with Crippen molar-refractivity contribution in [2.75, 3.05) is 26.7 Å².